The van der Waals surface area contributed by atoms with Crippen molar-refractivity contribution in [2.24, 2.45) is 5.92 Å². The van der Waals surface area contributed by atoms with Crippen LogP contribution in [0, 0.1) is 5.92 Å². The summed E-state index contributed by atoms with van der Waals surface area (Å²) in [5.74, 6) is 0.745. The van der Waals surface area contributed by atoms with E-state index in [1.54, 1.807) is 0 Å². The lowest BCUT2D eigenvalue weighted by Gasteiger charge is -1.76. The van der Waals surface area contributed by atoms with Crippen LogP contribution in [-0.4, -0.2) is 0 Å². The maximum Gasteiger partial charge on any atom is 0.00117 e. The maximum absolute atomic E-state index is 3.85. The van der Waals surface area contributed by atoms with Crippen molar-refractivity contribution in [2.45, 2.75) is 19.8 Å². The second-order valence-corrected chi connectivity index (χ2v) is 2.31. The van der Waals surface area contributed by atoms with Crippen LogP contribution in [0.1, 0.15) is 19.8 Å². The topological polar surface area (TPSA) is 0 Å². The zero-order valence-electron chi connectivity index (χ0n) is 5.35. The highest BCUT2D eigenvalue weighted by atomic mass is 14.3. The molecular weight excluding hydrogens is 96.1 g/mol. The molecule has 0 aromatic carbocycles. The average Bonchev–Trinajstić information content (AvgIpc) is 2.42. The predicted octanol–water partition coefficient (Wildman–Crippen LogP) is 2.53. The van der Waals surface area contributed by atoms with E-state index in [-0.39, 0.29) is 0 Å². The van der Waals surface area contributed by atoms with Gasteiger partial charge in [-0.15, -0.1) is 0 Å². The molecule has 0 spiro atoms. The first-order valence-corrected chi connectivity index (χ1v) is 3.19. The Balaban J connectivity index is 2.21. The summed E-state index contributed by atoms with van der Waals surface area (Å²) in [5.41, 5.74) is 1.40. The van der Waals surface area contributed by atoms with E-state index in [0.717, 1.165) is 12.3 Å². The smallest absolute Gasteiger partial charge is 0.00117 e. The molecule has 1 aliphatic rings. The van der Waals surface area contributed by atoms with Crippen molar-refractivity contribution in [3.05, 3.63) is 24.3 Å². The summed E-state index contributed by atoms with van der Waals surface area (Å²) in [7, 11) is 0. The molecule has 0 aromatic rings. The molecular formula is C8H12. The standard InChI is InChI=1S/C8H12/c1-3-4-5-8-6-7(8)2/h4-5,8H,2-3,6H2,1H3/b5-4-. The number of hydrogen-bond acceptors (Lipinski definition) is 0. The molecule has 0 aromatic heterocycles. The van der Waals surface area contributed by atoms with Crippen molar-refractivity contribution in [3.63, 3.8) is 0 Å². The third-order valence-corrected chi connectivity index (χ3v) is 1.45. The molecule has 1 rings (SSSR count). The molecule has 44 valence electrons. The van der Waals surface area contributed by atoms with Gasteiger partial charge in [-0.2, -0.15) is 0 Å². The quantitative estimate of drug-likeness (QED) is 0.477. The number of rotatable bonds is 2. The fourth-order valence-corrected chi connectivity index (χ4v) is 0.728. The molecule has 0 saturated heterocycles. The summed E-state index contributed by atoms with van der Waals surface area (Å²) in [4.78, 5) is 0. The molecule has 8 heavy (non-hydrogen) atoms. The highest BCUT2D eigenvalue weighted by Crippen LogP contribution is 2.36. The largest absolute Gasteiger partial charge is 0.0992 e. The molecule has 0 aliphatic heterocycles. The first kappa shape index (κ1) is 5.61. The molecule has 0 N–H and O–H groups in total. The van der Waals surface area contributed by atoms with E-state index in [0.29, 0.717) is 0 Å². The van der Waals surface area contributed by atoms with Crippen molar-refractivity contribution in [3.8, 4) is 0 Å². The second kappa shape index (κ2) is 2.17. The summed E-state index contributed by atoms with van der Waals surface area (Å²) < 4.78 is 0. The van der Waals surface area contributed by atoms with E-state index >= 15 is 0 Å². The lowest BCUT2D eigenvalue weighted by atomic mass is 10.3. The van der Waals surface area contributed by atoms with Gasteiger partial charge in [-0.25, -0.2) is 0 Å². The predicted molar refractivity (Wildman–Crippen MR) is 36.7 cm³/mol. The monoisotopic (exact) mass is 108 g/mol. The molecule has 1 aliphatic carbocycles. The Morgan fingerprint density at radius 2 is 2.50 bits per heavy atom. The van der Waals surface area contributed by atoms with Crippen LogP contribution in [0.15, 0.2) is 24.3 Å². The number of hydrogen-bond donors (Lipinski definition) is 0. The van der Waals surface area contributed by atoms with Crippen LogP contribution >= 0.6 is 0 Å². The first-order chi connectivity index (χ1) is 3.84. The molecule has 0 heteroatoms. The SMILES string of the molecule is C=C1CC1/C=C\CC. The molecule has 0 amide bonds. The minimum Gasteiger partial charge on any atom is -0.0992 e. The zero-order valence-corrected chi connectivity index (χ0v) is 5.35. The molecule has 1 saturated carbocycles. The fraction of sp³-hybridized carbons (Fsp3) is 0.500. The summed E-state index contributed by atoms with van der Waals surface area (Å²) in [5, 5.41) is 0. The van der Waals surface area contributed by atoms with Gasteiger partial charge in [-0.1, -0.05) is 31.2 Å². The summed E-state index contributed by atoms with van der Waals surface area (Å²) in [6, 6.07) is 0. The second-order valence-electron chi connectivity index (χ2n) is 2.31. The summed E-state index contributed by atoms with van der Waals surface area (Å²) in [6.07, 6.45) is 6.85. The van der Waals surface area contributed by atoms with Crippen LogP contribution in [0.2, 0.25) is 0 Å². The minimum atomic E-state index is 0.745. The van der Waals surface area contributed by atoms with Crippen LogP contribution < -0.4 is 0 Å². The van der Waals surface area contributed by atoms with E-state index in [4.69, 9.17) is 0 Å². The number of allylic oxidation sites excluding steroid dienone is 3. The highest BCUT2D eigenvalue weighted by molar-refractivity contribution is 5.25. The molecule has 0 heterocycles. The van der Waals surface area contributed by atoms with Gasteiger partial charge in [0, 0.05) is 5.92 Å². The molecule has 1 atom stereocenters. The van der Waals surface area contributed by atoms with Gasteiger partial charge in [0.15, 0.2) is 0 Å². The molecule has 1 fully saturated rings. The summed E-state index contributed by atoms with van der Waals surface area (Å²) >= 11 is 0. The van der Waals surface area contributed by atoms with Crippen LogP contribution in [0.4, 0.5) is 0 Å². The highest BCUT2D eigenvalue weighted by Gasteiger charge is 2.22. The van der Waals surface area contributed by atoms with E-state index < -0.39 is 0 Å². The van der Waals surface area contributed by atoms with Gasteiger partial charge in [0.1, 0.15) is 0 Å². The third kappa shape index (κ3) is 1.22. The Bertz CT molecular complexity index is 120. The third-order valence-electron chi connectivity index (χ3n) is 1.45. The molecule has 0 radical (unpaired) electrons. The van der Waals surface area contributed by atoms with E-state index in [9.17, 15) is 0 Å². The average molecular weight is 108 g/mol. The van der Waals surface area contributed by atoms with Crippen LogP contribution in [-0.2, 0) is 0 Å². The lowest BCUT2D eigenvalue weighted by molar-refractivity contribution is 1.12. The van der Waals surface area contributed by atoms with Crippen molar-refractivity contribution in [2.75, 3.05) is 0 Å². The first-order valence-electron chi connectivity index (χ1n) is 3.19. The van der Waals surface area contributed by atoms with Gasteiger partial charge in [0.25, 0.3) is 0 Å². The van der Waals surface area contributed by atoms with Gasteiger partial charge >= 0.3 is 0 Å². The maximum atomic E-state index is 3.85. The van der Waals surface area contributed by atoms with E-state index in [1.807, 2.05) is 0 Å². The Hall–Kier alpha value is -0.520. The Labute approximate surface area is 50.9 Å². The lowest BCUT2D eigenvalue weighted by Crippen LogP contribution is -1.60. The van der Waals surface area contributed by atoms with Crippen molar-refractivity contribution >= 4 is 0 Å². The van der Waals surface area contributed by atoms with Crippen LogP contribution in [0.25, 0.3) is 0 Å². The van der Waals surface area contributed by atoms with Gasteiger partial charge < -0.3 is 0 Å². The normalized spacial score (nSPS) is 27.1. The zero-order chi connectivity index (χ0) is 5.98. The minimum absolute atomic E-state index is 0.745. The van der Waals surface area contributed by atoms with Crippen molar-refractivity contribution in [1.82, 2.24) is 0 Å². The van der Waals surface area contributed by atoms with E-state index in [1.165, 1.54) is 12.0 Å². The Kier molecular flexibility index (Phi) is 1.52. The fourth-order valence-electron chi connectivity index (χ4n) is 0.728. The molecule has 1 unspecified atom stereocenters. The Morgan fingerprint density at radius 1 is 1.88 bits per heavy atom. The Morgan fingerprint density at radius 3 is 2.88 bits per heavy atom. The van der Waals surface area contributed by atoms with Gasteiger partial charge in [0.05, 0.1) is 0 Å². The van der Waals surface area contributed by atoms with Gasteiger partial charge in [0.2, 0.25) is 0 Å². The van der Waals surface area contributed by atoms with Gasteiger partial charge in [-0.3, -0.25) is 0 Å². The van der Waals surface area contributed by atoms with Crippen LogP contribution in [0.3, 0.4) is 0 Å². The molecule has 0 nitrogen and oxygen atoms in total. The van der Waals surface area contributed by atoms with E-state index in [2.05, 4.69) is 25.7 Å². The van der Waals surface area contributed by atoms with Crippen LogP contribution in [0.5, 0.6) is 0 Å². The van der Waals surface area contributed by atoms with Gasteiger partial charge in [-0.05, 0) is 12.8 Å². The molecule has 0 bridgehead atoms. The summed E-state index contributed by atoms with van der Waals surface area (Å²) in [6.45, 7) is 6.00. The van der Waals surface area contributed by atoms with Crippen molar-refractivity contribution in [1.29, 1.82) is 0 Å². The van der Waals surface area contributed by atoms with Crippen molar-refractivity contribution < 1.29 is 0 Å².